The Morgan fingerprint density at radius 2 is 2.05 bits per heavy atom. The second-order valence-corrected chi connectivity index (χ2v) is 6.84. The molecule has 4 atom stereocenters. The van der Waals surface area contributed by atoms with Crippen molar-refractivity contribution in [3.05, 3.63) is 33.8 Å². The molecule has 0 aromatic heterocycles. The highest BCUT2D eigenvalue weighted by Crippen LogP contribution is 2.47. The van der Waals surface area contributed by atoms with E-state index < -0.39 is 0 Å². The van der Waals surface area contributed by atoms with Gasteiger partial charge in [-0.15, -0.1) is 0 Å². The number of halogens is 2. The maximum Gasteiger partial charge on any atom is 0.310 e. The fourth-order valence-corrected chi connectivity index (χ4v) is 4.32. The predicted molar refractivity (Wildman–Crippen MR) is 83.9 cm³/mol. The third kappa shape index (κ3) is 2.56. The van der Waals surface area contributed by atoms with Crippen molar-refractivity contribution in [2.24, 2.45) is 5.92 Å². The number of nitrogens with zero attached hydrogens (tertiary/aromatic N) is 1. The fraction of sp³-hybridized carbons (Fsp3) is 0.562. The molecule has 0 N–H and O–H groups in total. The van der Waals surface area contributed by atoms with Crippen molar-refractivity contribution in [2.75, 3.05) is 14.2 Å². The zero-order chi connectivity index (χ0) is 15.1. The number of esters is 1. The van der Waals surface area contributed by atoms with Crippen LogP contribution in [0.25, 0.3) is 0 Å². The van der Waals surface area contributed by atoms with E-state index in [1.807, 2.05) is 18.2 Å². The first-order chi connectivity index (χ1) is 10.0. The van der Waals surface area contributed by atoms with Crippen LogP contribution in [0.4, 0.5) is 0 Å². The molecule has 0 aliphatic carbocycles. The first-order valence-electron chi connectivity index (χ1n) is 7.27. The van der Waals surface area contributed by atoms with Crippen molar-refractivity contribution in [3.8, 4) is 0 Å². The van der Waals surface area contributed by atoms with Gasteiger partial charge in [0.05, 0.1) is 23.1 Å². The lowest BCUT2D eigenvalue weighted by Gasteiger charge is -2.41. The Morgan fingerprint density at radius 1 is 1.29 bits per heavy atom. The molecule has 2 fully saturated rings. The molecule has 0 spiro atoms. The lowest BCUT2D eigenvalue weighted by Crippen LogP contribution is -2.49. The molecule has 0 radical (unpaired) electrons. The minimum Gasteiger partial charge on any atom is -0.469 e. The van der Waals surface area contributed by atoms with Crippen molar-refractivity contribution in [1.82, 2.24) is 4.90 Å². The van der Waals surface area contributed by atoms with Crippen molar-refractivity contribution in [3.63, 3.8) is 0 Å². The van der Waals surface area contributed by atoms with E-state index in [-0.39, 0.29) is 23.8 Å². The molecule has 21 heavy (non-hydrogen) atoms. The van der Waals surface area contributed by atoms with E-state index in [4.69, 9.17) is 27.9 Å². The number of rotatable bonds is 2. The normalized spacial score (nSPS) is 32.2. The highest BCUT2D eigenvalue weighted by Gasteiger charge is 2.49. The first-order valence-corrected chi connectivity index (χ1v) is 8.03. The molecule has 2 bridgehead atoms. The van der Waals surface area contributed by atoms with Crippen LogP contribution in [0.3, 0.4) is 0 Å². The Balaban J connectivity index is 1.98. The second kappa shape index (κ2) is 5.79. The molecule has 1 unspecified atom stereocenters. The Labute approximate surface area is 135 Å². The fourth-order valence-electron chi connectivity index (χ4n) is 4.01. The van der Waals surface area contributed by atoms with Crippen molar-refractivity contribution in [1.29, 1.82) is 0 Å². The summed E-state index contributed by atoms with van der Waals surface area (Å²) in [6.45, 7) is 0. The highest BCUT2D eigenvalue weighted by atomic mass is 35.5. The van der Waals surface area contributed by atoms with Gasteiger partial charge in [-0.2, -0.15) is 0 Å². The number of hydrogen-bond donors (Lipinski definition) is 0. The lowest BCUT2D eigenvalue weighted by molar-refractivity contribution is -0.150. The lowest BCUT2D eigenvalue weighted by atomic mass is 9.76. The highest BCUT2D eigenvalue weighted by molar-refractivity contribution is 6.42. The molecule has 114 valence electrons. The molecule has 0 amide bonds. The standard InChI is InChI=1S/C16H19Cl2NO2/c1-19-10-4-6-14(19)15(16(20)21-2)11(8-10)9-3-5-12(17)13(18)7-9/h3,5,7,10-11,14-15H,4,6,8H2,1-2H3/t10-,11-,14?,15+/m1/s1. The smallest absolute Gasteiger partial charge is 0.310 e. The van der Waals surface area contributed by atoms with Gasteiger partial charge in [-0.3, -0.25) is 9.69 Å². The van der Waals surface area contributed by atoms with Crippen LogP contribution < -0.4 is 0 Å². The number of hydrogen-bond acceptors (Lipinski definition) is 3. The zero-order valence-corrected chi connectivity index (χ0v) is 13.7. The zero-order valence-electron chi connectivity index (χ0n) is 12.2. The molecule has 2 saturated heterocycles. The van der Waals surface area contributed by atoms with Crippen LogP contribution >= 0.6 is 23.2 Å². The SMILES string of the molecule is COC(=O)[C@@H]1C2CC[C@H](C[C@@H]1c1ccc(Cl)c(Cl)c1)N2C. The average molecular weight is 328 g/mol. The third-order valence-corrected chi connectivity index (χ3v) is 5.85. The number of carbonyl (C=O) groups is 1. The van der Waals surface area contributed by atoms with E-state index in [2.05, 4.69) is 11.9 Å². The van der Waals surface area contributed by atoms with Crippen LogP contribution in [0, 0.1) is 5.92 Å². The van der Waals surface area contributed by atoms with Gasteiger partial charge in [0, 0.05) is 18.0 Å². The molecule has 1 aromatic rings. The summed E-state index contributed by atoms with van der Waals surface area (Å²) in [5.74, 6) is -0.0971. The quantitative estimate of drug-likeness (QED) is 0.775. The summed E-state index contributed by atoms with van der Waals surface area (Å²) in [7, 11) is 3.58. The first kappa shape index (κ1) is 15.1. The molecule has 1 aromatic carbocycles. The van der Waals surface area contributed by atoms with Gasteiger partial charge in [-0.1, -0.05) is 29.3 Å². The van der Waals surface area contributed by atoms with E-state index in [1.54, 1.807) is 0 Å². The maximum absolute atomic E-state index is 12.3. The second-order valence-electron chi connectivity index (χ2n) is 6.03. The van der Waals surface area contributed by atoms with Crippen molar-refractivity contribution >= 4 is 29.2 Å². The maximum atomic E-state index is 12.3. The number of benzene rings is 1. The number of fused-ring (bicyclic) bond motifs is 2. The van der Waals surface area contributed by atoms with E-state index in [9.17, 15) is 4.79 Å². The molecular weight excluding hydrogens is 309 g/mol. The summed E-state index contributed by atoms with van der Waals surface area (Å²) >= 11 is 12.2. The van der Waals surface area contributed by atoms with Gasteiger partial charge in [0.2, 0.25) is 0 Å². The van der Waals surface area contributed by atoms with Gasteiger partial charge < -0.3 is 4.74 Å². The van der Waals surface area contributed by atoms with Gasteiger partial charge in [-0.05, 0) is 44.0 Å². The van der Waals surface area contributed by atoms with Crippen LogP contribution in [-0.2, 0) is 9.53 Å². The topological polar surface area (TPSA) is 29.5 Å². The largest absolute Gasteiger partial charge is 0.469 e. The van der Waals surface area contributed by atoms with Gasteiger partial charge in [-0.25, -0.2) is 0 Å². The van der Waals surface area contributed by atoms with Crippen LogP contribution in [0.5, 0.6) is 0 Å². The Hall–Kier alpha value is -0.770. The summed E-state index contributed by atoms with van der Waals surface area (Å²) in [4.78, 5) is 14.7. The van der Waals surface area contributed by atoms with Crippen LogP contribution in [0.1, 0.15) is 30.7 Å². The van der Waals surface area contributed by atoms with E-state index in [0.29, 0.717) is 16.1 Å². The predicted octanol–water partition coefficient (Wildman–Crippen LogP) is 3.73. The molecule has 0 saturated carbocycles. The summed E-state index contributed by atoms with van der Waals surface area (Å²) in [5.41, 5.74) is 1.09. The Kier molecular flexibility index (Phi) is 4.17. The number of carbonyl (C=O) groups excluding carboxylic acids is 1. The third-order valence-electron chi connectivity index (χ3n) is 5.11. The average Bonchev–Trinajstić information content (AvgIpc) is 2.72. The molecule has 2 aliphatic heterocycles. The van der Waals surface area contributed by atoms with E-state index in [0.717, 1.165) is 24.8 Å². The summed E-state index contributed by atoms with van der Waals surface area (Å²) in [6.07, 6.45) is 3.16. The van der Waals surface area contributed by atoms with E-state index >= 15 is 0 Å². The Morgan fingerprint density at radius 3 is 2.71 bits per heavy atom. The van der Waals surface area contributed by atoms with Gasteiger partial charge in [0.25, 0.3) is 0 Å². The number of piperidine rings is 1. The molecule has 3 nitrogen and oxygen atoms in total. The van der Waals surface area contributed by atoms with Crippen molar-refractivity contribution < 1.29 is 9.53 Å². The summed E-state index contributed by atoms with van der Waals surface area (Å²) < 4.78 is 5.07. The summed E-state index contributed by atoms with van der Waals surface area (Å²) in [5, 5.41) is 1.09. The minimum atomic E-state index is -0.129. The molecule has 3 rings (SSSR count). The Bertz CT molecular complexity index is 563. The summed E-state index contributed by atoms with van der Waals surface area (Å²) in [6, 6.07) is 6.49. The number of methoxy groups -OCH3 is 1. The van der Waals surface area contributed by atoms with Gasteiger partial charge in [0.15, 0.2) is 0 Å². The number of ether oxygens (including phenoxy) is 1. The van der Waals surface area contributed by atoms with Gasteiger partial charge >= 0.3 is 5.97 Å². The molecule has 2 aliphatic rings. The van der Waals surface area contributed by atoms with Crippen molar-refractivity contribution in [2.45, 2.75) is 37.3 Å². The van der Waals surface area contributed by atoms with E-state index in [1.165, 1.54) is 7.11 Å². The molecule has 2 heterocycles. The monoisotopic (exact) mass is 327 g/mol. The van der Waals surface area contributed by atoms with Crippen LogP contribution in [0.15, 0.2) is 18.2 Å². The van der Waals surface area contributed by atoms with Crippen LogP contribution in [0.2, 0.25) is 10.0 Å². The van der Waals surface area contributed by atoms with Crippen LogP contribution in [-0.4, -0.2) is 37.1 Å². The van der Waals surface area contributed by atoms with Gasteiger partial charge in [0.1, 0.15) is 0 Å². The minimum absolute atomic E-state index is 0.122. The molecule has 5 heteroatoms. The molecular formula is C16H19Cl2NO2.